The molecule has 2 aromatic carbocycles. The summed E-state index contributed by atoms with van der Waals surface area (Å²) >= 11 is 5.86. The molecule has 0 N–H and O–H groups in total. The highest BCUT2D eigenvalue weighted by Crippen LogP contribution is 2.19. The summed E-state index contributed by atoms with van der Waals surface area (Å²) in [5.41, 5.74) is 1.10. The number of rotatable bonds is 4. The van der Waals surface area contributed by atoms with Crippen molar-refractivity contribution < 1.29 is 14.3 Å². The molecule has 2 aromatic rings. The second-order valence-electron chi connectivity index (χ2n) is 4.45. The summed E-state index contributed by atoms with van der Waals surface area (Å²) in [6.07, 6.45) is -0.713. The first-order chi connectivity index (χ1) is 9.54. The summed E-state index contributed by atoms with van der Waals surface area (Å²) in [6, 6.07) is 14.1. The van der Waals surface area contributed by atoms with Gasteiger partial charge in [-0.15, -0.1) is 0 Å². The first-order valence-electron chi connectivity index (χ1n) is 6.25. The van der Waals surface area contributed by atoms with Crippen LogP contribution in [0.3, 0.4) is 0 Å². The van der Waals surface area contributed by atoms with Gasteiger partial charge < -0.3 is 9.47 Å². The number of aryl methyl sites for hydroxylation is 1. The van der Waals surface area contributed by atoms with Crippen molar-refractivity contribution in [3.63, 3.8) is 0 Å². The molecule has 0 aromatic heterocycles. The first-order valence-corrected chi connectivity index (χ1v) is 6.63. The van der Waals surface area contributed by atoms with Gasteiger partial charge in [-0.25, -0.2) is 4.79 Å². The van der Waals surface area contributed by atoms with E-state index in [1.165, 1.54) is 0 Å². The lowest BCUT2D eigenvalue weighted by molar-refractivity contribution is -0.141. The number of carbonyl (C=O) groups is 1. The van der Waals surface area contributed by atoms with Crippen LogP contribution in [0.25, 0.3) is 0 Å². The van der Waals surface area contributed by atoms with E-state index < -0.39 is 12.1 Å². The Morgan fingerprint density at radius 3 is 2.45 bits per heavy atom. The molecule has 20 heavy (non-hydrogen) atoms. The van der Waals surface area contributed by atoms with E-state index in [0.29, 0.717) is 16.5 Å². The standard InChI is InChI=1S/C16H15ClO3/c1-11-6-8-14(9-7-11)20-16(18)12(2)19-15-5-3-4-13(17)10-15/h3-10,12H,1-2H3. The van der Waals surface area contributed by atoms with Gasteiger partial charge in [-0.3, -0.25) is 0 Å². The molecule has 0 saturated carbocycles. The van der Waals surface area contributed by atoms with E-state index in [0.717, 1.165) is 5.56 Å². The van der Waals surface area contributed by atoms with Gasteiger partial charge in [0.25, 0.3) is 0 Å². The van der Waals surface area contributed by atoms with Crippen LogP contribution in [0.1, 0.15) is 12.5 Å². The molecule has 3 nitrogen and oxygen atoms in total. The van der Waals surface area contributed by atoms with Crippen molar-refractivity contribution in [2.45, 2.75) is 20.0 Å². The summed E-state index contributed by atoms with van der Waals surface area (Å²) in [4.78, 5) is 11.9. The van der Waals surface area contributed by atoms with Crippen molar-refractivity contribution in [1.82, 2.24) is 0 Å². The van der Waals surface area contributed by atoms with Crippen LogP contribution in [0.2, 0.25) is 5.02 Å². The predicted octanol–water partition coefficient (Wildman–Crippen LogP) is 4.02. The molecular formula is C16H15ClO3. The van der Waals surface area contributed by atoms with Crippen LogP contribution in [0.5, 0.6) is 11.5 Å². The average molecular weight is 291 g/mol. The molecule has 1 atom stereocenters. The topological polar surface area (TPSA) is 35.5 Å². The highest BCUT2D eigenvalue weighted by Gasteiger charge is 2.17. The molecule has 0 saturated heterocycles. The van der Waals surface area contributed by atoms with E-state index in [9.17, 15) is 4.79 Å². The number of benzene rings is 2. The van der Waals surface area contributed by atoms with Crippen LogP contribution in [-0.4, -0.2) is 12.1 Å². The van der Waals surface area contributed by atoms with Crippen molar-refractivity contribution in [1.29, 1.82) is 0 Å². The maximum atomic E-state index is 11.9. The third kappa shape index (κ3) is 4.00. The van der Waals surface area contributed by atoms with E-state index in [4.69, 9.17) is 21.1 Å². The Morgan fingerprint density at radius 2 is 1.80 bits per heavy atom. The van der Waals surface area contributed by atoms with E-state index in [1.807, 2.05) is 19.1 Å². The van der Waals surface area contributed by atoms with Crippen molar-refractivity contribution in [3.8, 4) is 11.5 Å². The Kier molecular flexibility index (Phi) is 4.64. The summed E-state index contributed by atoms with van der Waals surface area (Å²) in [5, 5.41) is 0.557. The molecule has 0 aliphatic carbocycles. The van der Waals surface area contributed by atoms with Gasteiger partial charge in [0.15, 0.2) is 6.10 Å². The van der Waals surface area contributed by atoms with Crippen LogP contribution < -0.4 is 9.47 Å². The second kappa shape index (κ2) is 6.44. The monoisotopic (exact) mass is 290 g/mol. The van der Waals surface area contributed by atoms with Crippen LogP contribution >= 0.6 is 11.6 Å². The molecule has 2 rings (SSSR count). The Hall–Kier alpha value is -2.00. The normalized spacial score (nSPS) is 11.8. The van der Waals surface area contributed by atoms with E-state index >= 15 is 0 Å². The lowest BCUT2D eigenvalue weighted by Crippen LogP contribution is -2.28. The number of ether oxygens (including phenoxy) is 2. The summed E-state index contributed by atoms with van der Waals surface area (Å²) in [6.45, 7) is 3.61. The summed E-state index contributed by atoms with van der Waals surface area (Å²) in [5.74, 6) is 0.585. The van der Waals surface area contributed by atoms with E-state index in [1.54, 1.807) is 43.3 Å². The van der Waals surface area contributed by atoms with Gasteiger partial charge in [0.1, 0.15) is 11.5 Å². The lowest BCUT2D eigenvalue weighted by atomic mass is 10.2. The molecular weight excluding hydrogens is 276 g/mol. The van der Waals surface area contributed by atoms with Gasteiger partial charge in [-0.2, -0.15) is 0 Å². The number of hydrogen-bond acceptors (Lipinski definition) is 3. The number of carbonyl (C=O) groups excluding carboxylic acids is 1. The number of hydrogen-bond donors (Lipinski definition) is 0. The fourth-order valence-electron chi connectivity index (χ4n) is 1.60. The zero-order chi connectivity index (χ0) is 14.5. The van der Waals surface area contributed by atoms with E-state index in [2.05, 4.69) is 0 Å². The first kappa shape index (κ1) is 14.4. The average Bonchev–Trinajstić information content (AvgIpc) is 2.41. The van der Waals surface area contributed by atoms with Gasteiger partial charge in [0.2, 0.25) is 0 Å². The maximum Gasteiger partial charge on any atom is 0.352 e. The smallest absolute Gasteiger partial charge is 0.352 e. The molecule has 0 heterocycles. The molecule has 0 bridgehead atoms. The van der Waals surface area contributed by atoms with Crippen molar-refractivity contribution >= 4 is 17.6 Å². The predicted molar refractivity (Wildman–Crippen MR) is 78.4 cm³/mol. The highest BCUT2D eigenvalue weighted by molar-refractivity contribution is 6.30. The van der Waals surface area contributed by atoms with Crippen LogP contribution in [0.4, 0.5) is 0 Å². The van der Waals surface area contributed by atoms with Gasteiger partial charge in [-0.05, 0) is 44.2 Å². The third-order valence-electron chi connectivity index (χ3n) is 2.68. The van der Waals surface area contributed by atoms with Crippen molar-refractivity contribution in [2.24, 2.45) is 0 Å². The minimum atomic E-state index is -0.713. The Balaban J connectivity index is 1.96. The van der Waals surface area contributed by atoms with Crippen LogP contribution in [0.15, 0.2) is 48.5 Å². The zero-order valence-electron chi connectivity index (χ0n) is 11.3. The van der Waals surface area contributed by atoms with E-state index in [-0.39, 0.29) is 0 Å². The van der Waals surface area contributed by atoms with Crippen LogP contribution in [-0.2, 0) is 4.79 Å². The minimum absolute atomic E-state index is 0.450. The Labute approximate surface area is 123 Å². The zero-order valence-corrected chi connectivity index (χ0v) is 12.1. The molecule has 104 valence electrons. The molecule has 0 spiro atoms. The number of esters is 1. The molecule has 4 heteroatoms. The molecule has 0 amide bonds. The summed E-state index contributed by atoms with van der Waals surface area (Å²) < 4.78 is 10.7. The largest absolute Gasteiger partial charge is 0.479 e. The fourth-order valence-corrected chi connectivity index (χ4v) is 1.78. The second-order valence-corrected chi connectivity index (χ2v) is 4.89. The maximum absolute atomic E-state index is 11.9. The minimum Gasteiger partial charge on any atom is -0.479 e. The fraction of sp³-hybridized carbons (Fsp3) is 0.188. The highest BCUT2D eigenvalue weighted by atomic mass is 35.5. The molecule has 0 aliphatic rings. The van der Waals surface area contributed by atoms with Gasteiger partial charge >= 0.3 is 5.97 Å². The SMILES string of the molecule is Cc1ccc(OC(=O)C(C)Oc2cccc(Cl)c2)cc1. The van der Waals surface area contributed by atoms with Crippen LogP contribution in [0, 0.1) is 6.92 Å². The summed E-state index contributed by atoms with van der Waals surface area (Å²) in [7, 11) is 0. The van der Waals surface area contributed by atoms with Gasteiger partial charge in [0.05, 0.1) is 0 Å². The lowest BCUT2D eigenvalue weighted by Gasteiger charge is -2.14. The van der Waals surface area contributed by atoms with Gasteiger partial charge in [-0.1, -0.05) is 35.4 Å². The van der Waals surface area contributed by atoms with Crippen molar-refractivity contribution in [3.05, 3.63) is 59.1 Å². The van der Waals surface area contributed by atoms with Gasteiger partial charge in [0, 0.05) is 5.02 Å². The number of halogens is 1. The molecule has 1 unspecified atom stereocenters. The quantitative estimate of drug-likeness (QED) is 0.630. The Morgan fingerprint density at radius 1 is 1.10 bits per heavy atom. The molecule has 0 aliphatic heterocycles. The van der Waals surface area contributed by atoms with Crippen molar-refractivity contribution in [2.75, 3.05) is 0 Å². The Bertz CT molecular complexity index is 593. The molecule has 0 radical (unpaired) electrons. The third-order valence-corrected chi connectivity index (χ3v) is 2.92. The molecule has 0 fully saturated rings.